The fourth-order valence-corrected chi connectivity index (χ4v) is 6.26. The van der Waals surface area contributed by atoms with Crippen molar-refractivity contribution < 1.29 is 13.2 Å². The molecule has 1 aliphatic heterocycles. The van der Waals surface area contributed by atoms with E-state index in [9.17, 15) is 8.42 Å². The lowest BCUT2D eigenvalue weighted by atomic mass is 9.96. The predicted octanol–water partition coefficient (Wildman–Crippen LogP) is 6.50. The van der Waals surface area contributed by atoms with E-state index in [4.69, 9.17) is 4.74 Å². The van der Waals surface area contributed by atoms with Gasteiger partial charge in [0.25, 0.3) is 10.0 Å². The van der Waals surface area contributed by atoms with E-state index < -0.39 is 16.1 Å². The quantitative estimate of drug-likeness (QED) is 0.327. The molecule has 4 aromatic rings. The summed E-state index contributed by atoms with van der Waals surface area (Å²) in [6, 6.07) is 30.2. The van der Waals surface area contributed by atoms with Crippen molar-refractivity contribution in [3.63, 3.8) is 0 Å². The zero-order chi connectivity index (χ0) is 24.4. The Bertz CT molecular complexity index is 1490. The monoisotopic (exact) mass is 481 g/mol. The first-order chi connectivity index (χ1) is 17.0. The number of aryl methyl sites for hydroxylation is 1. The molecule has 0 saturated heterocycles. The third-order valence-corrected chi connectivity index (χ3v) is 8.25. The van der Waals surface area contributed by atoms with Gasteiger partial charge in [-0.25, -0.2) is 8.42 Å². The van der Waals surface area contributed by atoms with Crippen LogP contribution in [0.5, 0.6) is 5.75 Å². The van der Waals surface area contributed by atoms with E-state index in [0.29, 0.717) is 12.1 Å². The first-order valence-corrected chi connectivity index (χ1v) is 13.0. The molecule has 0 fully saturated rings. The average Bonchev–Trinajstić information content (AvgIpc) is 3.02. The Morgan fingerprint density at radius 3 is 2.26 bits per heavy atom. The Morgan fingerprint density at radius 1 is 0.829 bits per heavy atom. The van der Waals surface area contributed by atoms with Gasteiger partial charge in [0.2, 0.25) is 0 Å². The second-order valence-corrected chi connectivity index (χ2v) is 10.5. The van der Waals surface area contributed by atoms with Crippen LogP contribution in [0, 0.1) is 6.92 Å². The topological polar surface area (TPSA) is 46.6 Å². The molecule has 1 atom stereocenters. The van der Waals surface area contributed by atoms with Gasteiger partial charge < -0.3 is 4.74 Å². The van der Waals surface area contributed by atoms with Crippen molar-refractivity contribution in [2.45, 2.75) is 24.3 Å². The maximum absolute atomic E-state index is 14.2. The van der Waals surface area contributed by atoms with Crippen LogP contribution in [-0.4, -0.2) is 21.6 Å². The van der Waals surface area contributed by atoms with Crippen molar-refractivity contribution in [1.82, 2.24) is 0 Å². The lowest BCUT2D eigenvalue weighted by Crippen LogP contribution is -2.40. The number of benzene rings is 4. The number of hydrogen-bond acceptors (Lipinski definition) is 3. The molecule has 1 unspecified atom stereocenters. The van der Waals surface area contributed by atoms with Crippen LogP contribution >= 0.6 is 0 Å². The van der Waals surface area contributed by atoms with Crippen molar-refractivity contribution in [2.24, 2.45) is 0 Å². The van der Waals surface area contributed by atoms with E-state index in [1.165, 1.54) is 0 Å². The molecular weight excluding hydrogens is 454 g/mol. The molecule has 4 nitrogen and oxygen atoms in total. The molecule has 5 rings (SSSR count). The highest BCUT2D eigenvalue weighted by molar-refractivity contribution is 7.92. The van der Waals surface area contributed by atoms with Gasteiger partial charge in [0.05, 0.1) is 23.7 Å². The third-order valence-electron chi connectivity index (χ3n) is 6.39. The Hall–Kier alpha value is -3.83. The summed E-state index contributed by atoms with van der Waals surface area (Å²) in [6.45, 7) is 1.95. The molecule has 4 aromatic carbocycles. The number of nitrogens with zero attached hydrogens (tertiary/aromatic N) is 1. The molecule has 0 aliphatic carbocycles. The van der Waals surface area contributed by atoms with E-state index in [0.717, 1.165) is 33.6 Å². The normalized spacial score (nSPS) is 15.4. The minimum absolute atomic E-state index is 0.277. The zero-order valence-electron chi connectivity index (χ0n) is 19.8. The molecule has 0 spiro atoms. The van der Waals surface area contributed by atoms with E-state index in [1.807, 2.05) is 91.9 Å². The maximum Gasteiger partial charge on any atom is 0.264 e. The van der Waals surface area contributed by atoms with Crippen LogP contribution in [-0.2, 0) is 16.4 Å². The number of ether oxygens (including phenoxy) is 1. The van der Waals surface area contributed by atoms with Crippen molar-refractivity contribution in [3.8, 4) is 16.9 Å². The van der Waals surface area contributed by atoms with Crippen molar-refractivity contribution in [3.05, 3.63) is 120 Å². The maximum atomic E-state index is 14.2. The van der Waals surface area contributed by atoms with Crippen LogP contribution in [0.2, 0.25) is 0 Å². The first kappa shape index (κ1) is 22.9. The van der Waals surface area contributed by atoms with E-state index >= 15 is 0 Å². The number of rotatable bonds is 5. The summed E-state index contributed by atoms with van der Waals surface area (Å²) >= 11 is 0. The highest BCUT2D eigenvalue weighted by Gasteiger charge is 2.35. The minimum Gasteiger partial charge on any atom is -0.496 e. The molecule has 0 N–H and O–H groups in total. The first-order valence-electron chi connectivity index (χ1n) is 11.6. The molecule has 5 heteroatoms. The van der Waals surface area contributed by atoms with Crippen LogP contribution in [0.1, 0.15) is 16.7 Å². The second-order valence-electron chi connectivity index (χ2n) is 8.66. The van der Waals surface area contributed by atoms with E-state index in [-0.39, 0.29) is 4.90 Å². The molecule has 1 aliphatic rings. The standard InChI is InChI=1S/C30H27NO3S/c1-22-15-19-26(20-16-22)35(32,33)31-25(18-17-23-9-4-8-14-30(23)34-2)21-24-10-3-5-11-27(24)28-12-6-7-13-29(28)31/h3-20,25H,21H2,1-2H3/b18-17+. The SMILES string of the molecule is COc1ccccc1/C=C/C1Cc2ccccc2-c2ccccc2N1S(=O)(=O)c1ccc(C)cc1. The Morgan fingerprint density at radius 2 is 1.49 bits per heavy atom. The molecular formula is C30H27NO3S. The van der Waals surface area contributed by atoms with Crippen molar-refractivity contribution in [2.75, 3.05) is 11.4 Å². The van der Waals surface area contributed by atoms with Gasteiger partial charge in [-0.05, 0) is 48.7 Å². The molecule has 1 heterocycles. The number of para-hydroxylation sites is 2. The highest BCUT2D eigenvalue weighted by Crippen LogP contribution is 2.41. The van der Waals surface area contributed by atoms with Gasteiger partial charge in [-0.15, -0.1) is 0 Å². The minimum atomic E-state index is -3.85. The van der Waals surface area contributed by atoms with Gasteiger partial charge in [0, 0.05) is 11.1 Å². The molecule has 0 saturated carbocycles. The summed E-state index contributed by atoms with van der Waals surface area (Å²) in [5, 5.41) is 0. The summed E-state index contributed by atoms with van der Waals surface area (Å²) in [4.78, 5) is 0.277. The van der Waals surface area contributed by atoms with Gasteiger partial charge in [-0.2, -0.15) is 0 Å². The summed E-state index contributed by atoms with van der Waals surface area (Å²) < 4.78 is 35.5. The molecule has 0 aromatic heterocycles. The number of methoxy groups -OCH3 is 1. The van der Waals surface area contributed by atoms with E-state index in [1.54, 1.807) is 23.5 Å². The number of anilines is 1. The number of fused-ring (bicyclic) bond motifs is 3. The average molecular weight is 482 g/mol. The zero-order valence-corrected chi connectivity index (χ0v) is 20.6. The highest BCUT2D eigenvalue weighted by atomic mass is 32.2. The molecule has 35 heavy (non-hydrogen) atoms. The van der Waals surface area contributed by atoms with Crippen LogP contribution in [0.15, 0.2) is 108 Å². The van der Waals surface area contributed by atoms with Gasteiger partial charge in [-0.3, -0.25) is 4.31 Å². The molecule has 0 radical (unpaired) electrons. The third kappa shape index (κ3) is 4.35. The summed E-state index contributed by atoms with van der Waals surface area (Å²) in [6.07, 6.45) is 4.47. The lowest BCUT2D eigenvalue weighted by molar-refractivity contribution is 0.414. The van der Waals surface area contributed by atoms with Gasteiger partial charge in [0.15, 0.2) is 0 Å². The smallest absolute Gasteiger partial charge is 0.264 e. The van der Waals surface area contributed by atoms with Crippen molar-refractivity contribution >= 4 is 21.8 Å². The largest absolute Gasteiger partial charge is 0.496 e. The Kier molecular flexibility index (Phi) is 6.18. The van der Waals surface area contributed by atoms with Crippen LogP contribution in [0.25, 0.3) is 17.2 Å². The molecule has 0 amide bonds. The summed E-state index contributed by atoms with van der Waals surface area (Å²) in [5.41, 5.74) is 5.66. The Balaban J connectivity index is 1.71. The predicted molar refractivity (Wildman–Crippen MR) is 142 cm³/mol. The van der Waals surface area contributed by atoms with Gasteiger partial charge in [0.1, 0.15) is 5.75 Å². The molecule has 176 valence electrons. The van der Waals surface area contributed by atoms with Gasteiger partial charge in [-0.1, -0.05) is 90.5 Å². The van der Waals surface area contributed by atoms with Crippen LogP contribution in [0.4, 0.5) is 5.69 Å². The second kappa shape index (κ2) is 9.43. The van der Waals surface area contributed by atoms with Crippen LogP contribution in [0.3, 0.4) is 0 Å². The summed E-state index contributed by atoms with van der Waals surface area (Å²) in [7, 11) is -2.21. The number of sulfonamides is 1. The van der Waals surface area contributed by atoms with Gasteiger partial charge >= 0.3 is 0 Å². The van der Waals surface area contributed by atoms with E-state index in [2.05, 4.69) is 12.1 Å². The fourth-order valence-electron chi connectivity index (χ4n) is 4.64. The molecule has 0 bridgehead atoms. The van der Waals surface area contributed by atoms with Crippen molar-refractivity contribution in [1.29, 1.82) is 0 Å². The fraction of sp³-hybridized carbons (Fsp3) is 0.133. The Labute approximate surface area is 207 Å². The van der Waals surface area contributed by atoms with Crippen LogP contribution < -0.4 is 9.04 Å². The summed E-state index contributed by atoms with van der Waals surface area (Å²) in [5.74, 6) is 0.742. The lowest BCUT2D eigenvalue weighted by Gasteiger charge is -2.31. The number of hydrogen-bond donors (Lipinski definition) is 0.